The Morgan fingerprint density at radius 3 is 2.36 bits per heavy atom. The largest absolute Gasteiger partial charge is 0.444 e. The number of hydrogen-bond donors (Lipinski definition) is 4. The summed E-state index contributed by atoms with van der Waals surface area (Å²) in [6, 6.07) is -1.78. The molecule has 44 heavy (non-hydrogen) atoms. The zero-order chi connectivity index (χ0) is 33.0. The topological polar surface area (TPSA) is 138 Å². The molecule has 0 aromatic heterocycles. The van der Waals surface area contributed by atoms with Crippen molar-refractivity contribution in [2.45, 2.75) is 128 Å². The maximum absolute atomic E-state index is 14.4. The number of allylic oxidation sites excluding steroid dienone is 1. The Kier molecular flexibility index (Phi) is 12.8. The first kappa shape index (κ1) is 36.8. The first-order valence-corrected chi connectivity index (χ1v) is 17.0. The van der Waals surface area contributed by atoms with E-state index in [1.165, 1.54) is 16.7 Å². The van der Waals surface area contributed by atoms with Crippen molar-refractivity contribution in [1.82, 2.24) is 10.2 Å². The van der Waals surface area contributed by atoms with Crippen molar-refractivity contribution in [3.8, 4) is 0 Å². The number of nitrogens with one attached hydrogen (secondary N) is 1. The van der Waals surface area contributed by atoms with Crippen LogP contribution in [0.3, 0.4) is 0 Å². The van der Waals surface area contributed by atoms with E-state index in [0.29, 0.717) is 37.2 Å². The van der Waals surface area contributed by atoms with E-state index in [2.05, 4.69) is 32.3 Å². The molecule has 4 N–H and O–H groups in total. The van der Waals surface area contributed by atoms with Crippen molar-refractivity contribution in [2.75, 3.05) is 18.9 Å². The minimum atomic E-state index is -1.49. The third-order valence-electron chi connectivity index (χ3n) is 8.84. The molecule has 3 aliphatic rings. The van der Waals surface area contributed by atoms with Crippen LogP contribution in [-0.2, 0) is 19.0 Å². The molecule has 0 radical (unpaired) electrons. The normalized spacial score (nSPS) is 33.7. The number of aliphatic hydroxyl groups excluding tert-OH is 3. The first-order chi connectivity index (χ1) is 20.5. The lowest BCUT2D eigenvalue weighted by molar-refractivity contribution is -0.212. The lowest BCUT2D eigenvalue weighted by atomic mass is 9.75. The van der Waals surface area contributed by atoms with E-state index in [0.717, 1.165) is 19.3 Å². The van der Waals surface area contributed by atoms with Gasteiger partial charge in [0, 0.05) is 24.8 Å². The van der Waals surface area contributed by atoms with Gasteiger partial charge in [0.2, 0.25) is 5.91 Å². The van der Waals surface area contributed by atoms with E-state index in [1.807, 2.05) is 13.8 Å². The predicted octanol–water partition coefficient (Wildman–Crippen LogP) is 3.88. The number of ether oxygens (including phenoxy) is 3. The molecule has 10 nitrogen and oxygen atoms in total. The molecule has 0 aromatic rings. The van der Waals surface area contributed by atoms with Gasteiger partial charge >= 0.3 is 6.09 Å². The fourth-order valence-electron chi connectivity index (χ4n) is 6.85. The number of nitrogens with zero attached hydrogens (tertiary/aromatic N) is 1. The predicted molar refractivity (Wildman–Crippen MR) is 172 cm³/mol. The molecule has 3 aliphatic heterocycles. The van der Waals surface area contributed by atoms with Crippen molar-refractivity contribution < 1.29 is 39.1 Å². The van der Waals surface area contributed by atoms with Gasteiger partial charge in [-0.1, -0.05) is 39.8 Å². The fourth-order valence-corrected chi connectivity index (χ4v) is 7.74. The Labute approximate surface area is 267 Å². The van der Waals surface area contributed by atoms with Crippen LogP contribution in [0.2, 0.25) is 0 Å². The number of aliphatic hydroxyl groups is 3. The van der Waals surface area contributed by atoms with Gasteiger partial charge in [0.15, 0.2) is 0 Å². The monoisotopic (exact) mass is 640 g/mol. The second-order valence-corrected chi connectivity index (χ2v) is 15.9. The van der Waals surface area contributed by atoms with Crippen LogP contribution in [0.5, 0.6) is 0 Å². The van der Waals surface area contributed by atoms with Crippen LogP contribution in [-0.4, -0.2) is 105 Å². The molecule has 0 spiro atoms. The summed E-state index contributed by atoms with van der Waals surface area (Å²) < 4.78 is 18.3. The zero-order valence-corrected chi connectivity index (χ0v) is 28.4. The number of thioether (sulfide) groups is 1. The van der Waals surface area contributed by atoms with Gasteiger partial charge in [0.25, 0.3) is 0 Å². The highest BCUT2D eigenvalue weighted by Crippen LogP contribution is 2.40. The third kappa shape index (κ3) is 9.00. The minimum Gasteiger partial charge on any atom is -0.444 e. The summed E-state index contributed by atoms with van der Waals surface area (Å²) in [5.41, 5.74) is -2.30. The van der Waals surface area contributed by atoms with E-state index in [9.17, 15) is 24.9 Å². The van der Waals surface area contributed by atoms with E-state index in [4.69, 9.17) is 14.2 Å². The molecule has 0 aliphatic carbocycles. The van der Waals surface area contributed by atoms with Crippen LogP contribution < -0.4 is 5.32 Å². The average molecular weight is 641 g/mol. The highest BCUT2D eigenvalue weighted by Gasteiger charge is 2.54. The second-order valence-electron chi connectivity index (χ2n) is 14.7. The second kappa shape index (κ2) is 15.3. The summed E-state index contributed by atoms with van der Waals surface area (Å²) in [6.07, 6.45) is 0.150. The highest BCUT2D eigenvalue weighted by atomic mass is 32.2. The summed E-state index contributed by atoms with van der Waals surface area (Å²) in [7, 11) is 0. The molecule has 5 unspecified atom stereocenters. The molecule has 11 heteroatoms. The maximum atomic E-state index is 14.4. The Morgan fingerprint density at radius 2 is 1.77 bits per heavy atom. The van der Waals surface area contributed by atoms with Crippen molar-refractivity contribution in [3.05, 3.63) is 25.3 Å². The maximum Gasteiger partial charge on any atom is 0.411 e. The van der Waals surface area contributed by atoms with E-state index < -0.39 is 71.1 Å². The lowest BCUT2D eigenvalue weighted by Gasteiger charge is -2.48. The number of rotatable bonds is 11. The smallest absolute Gasteiger partial charge is 0.411 e. The SMILES string of the molecule is C=CCSC1OC([C@H](NC(=O)[C@@H]2[C@@H]3OCC[C@@H](CC(C)C)C[C@H]3CN2C(=O)OC(C)(C)C)C(C)(C)CC=C)C(O)C(O)C1O. The number of carbonyl (C=O) groups is 2. The molecule has 2 amide bonds. The summed E-state index contributed by atoms with van der Waals surface area (Å²) in [4.78, 5) is 29.5. The molecular weight excluding hydrogens is 584 g/mol. The summed E-state index contributed by atoms with van der Waals surface area (Å²) in [5.74, 6) is 0.915. The van der Waals surface area contributed by atoms with Crippen LogP contribution in [0.25, 0.3) is 0 Å². The van der Waals surface area contributed by atoms with E-state index in [1.54, 1.807) is 32.9 Å². The van der Waals surface area contributed by atoms with Crippen molar-refractivity contribution in [1.29, 1.82) is 0 Å². The Hall–Kier alpha value is -1.63. The van der Waals surface area contributed by atoms with Crippen LogP contribution in [0, 0.1) is 23.2 Å². The van der Waals surface area contributed by atoms with E-state index in [-0.39, 0.29) is 5.92 Å². The van der Waals surface area contributed by atoms with Crippen molar-refractivity contribution in [2.24, 2.45) is 23.2 Å². The fraction of sp³-hybridized carbons (Fsp3) is 0.818. The van der Waals surface area contributed by atoms with Crippen molar-refractivity contribution in [3.63, 3.8) is 0 Å². The Bertz CT molecular complexity index is 1000. The van der Waals surface area contributed by atoms with Gasteiger partial charge < -0.3 is 34.8 Å². The number of fused-ring (bicyclic) bond motifs is 1. The summed E-state index contributed by atoms with van der Waals surface area (Å²) in [5, 5.41) is 35.8. The van der Waals surface area contributed by atoms with Gasteiger partial charge in [-0.3, -0.25) is 9.69 Å². The molecule has 3 fully saturated rings. The number of carbonyl (C=O) groups excluding carboxylic acids is 2. The number of likely N-dealkylation sites (tertiary alicyclic amines) is 1. The standard InChI is InChI=1S/C33H56N2O8S/c1-10-13-33(8,9)28(27-24(37)23(36)25(38)30(42-27)44-15-11-2)34-29(39)22-26-21(17-20(12-14-41-26)16-19(3)4)18-35(22)31(40)43-32(5,6)7/h10-11,19-28,30,36-38H,1-2,12-18H2,3-9H3,(H,34,39)/t20-,21-,22-,23?,24?,25?,26+,27?,28-,30?/m0/s1. The summed E-state index contributed by atoms with van der Waals surface area (Å²) in [6.45, 7) is 22.0. The van der Waals surface area contributed by atoms with Crippen molar-refractivity contribution >= 4 is 23.8 Å². The van der Waals surface area contributed by atoms with Crippen LogP contribution >= 0.6 is 11.8 Å². The van der Waals surface area contributed by atoms with Gasteiger partial charge in [-0.15, -0.1) is 24.9 Å². The quantitative estimate of drug-likeness (QED) is 0.248. The molecule has 0 saturated carbocycles. The van der Waals surface area contributed by atoms with Gasteiger partial charge in [0.05, 0.1) is 12.1 Å². The average Bonchev–Trinajstić information content (AvgIpc) is 3.15. The zero-order valence-electron chi connectivity index (χ0n) is 27.6. The molecule has 0 bridgehead atoms. The summed E-state index contributed by atoms with van der Waals surface area (Å²) >= 11 is 1.25. The molecule has 0 aromatic carbocycles. The molecule has 252 valence electrons. The van der Waals surface area contributed by atoms with Crippen LogP contribution in [0.4, 0.5) is 4.79 Å². The molecule has 10 atom stereocenters. The molecule has 3 heterocycles. The Morgan fingerprint density at radius 1 is 1.09 bits per heavy atom. The lowest BCUT2D eigenvalue weighted by Crippen LogP contribution is -2.67. The van der Waals surface area contributed by atoms with Gasteiger partial charge in [-0.05, 0) is 63.7 Å². The molecular formula is C33H56N2O8S. The van der Waals surface area contributed by atoms with Crippen LogP contribution in [0.1, 0.15) is 74.1 Å². The van der Waals surface area contributed by atoms with Gasteiger partial charge in [0.1, 0.15) is 41.5 Å². The highest BCUT2D eigenvalue weighted by molar-refractivity contribution is 7.99. The van der Waals surface area contributed by atoms with E-state index >= 15 is 0 Å². The van der Waals surface area contributed by atoms with Gasteiger partial charge in [-0.2, -0.15) is 0 Å². The first-order valence-electron chi connectivity index (χ1n) is 15.9. The molecule has 3 saturated heterocycles. The third-order valence-corrected chi connectivity index (χ3v) is 9.99. The van der Waals surface area contributed by atoms with Crippen LogP contribution in [0.15, 0.2) is 25.3 Å². The van der Waals surface area contributed by atoms with Gasteiger partial charge in [-0.25, -0.2) is 4.79 Å². The number of amides is 2. The minimum absolute atomic E-state index is 0.0441. The Balaban J connectivity index is 1.97. The molecule has 3 rings (SSSR count). The number of hydrogen-bond acceptors (Lipinski definition) is 9.